The van der Waals surface area contributed by atoms with Gasteiger partial charge < -0.3 is 10.2 Å². The molecule has 8 heteroatoms. The predicted octanol–water partition coefficient (Wildman–Crippen LogP) is 1.98. The van der Waals surface area contributed by atoms with Gasteiger partial charge in [-0.25, -0.2) is 4.98 Å². The van der Waals surface area contributed by atoms with Gasteiger partial charge in [0.05, 0.1) is 6.54 Å². The SMILES string of the molecule is CCCNc1nccc(N2CCN(CC(F)(F)F)CC2)n1. The van der Waals surface area contributed by atoms with E-state index >= 15 is 0 Å². The molecule has 1 fully saturated rings. The Hall–Kier alpha value is -1.57. The summed E-state index contributed by atoms with van der Waals surface area (Å²) in [6.45, 7) is 3.87. The van der Waals surface area contributed by atoms with Crippen molar-refractivity contribution < 1.29 is 13.2 Å². The normalized spacial score (nSPS) is 17.0. The highest BCUT2D eigenvalue weighted by atomic mass is 19.4. The summed E-state index contributed by atoms with van der Waals surface area (Å²) in [7, 11) is 0. The Labute approximate surface area is 122 Å². The summed E-state index contributed by atoms with van der Waals surface area (Å²) < 4.78 is 37.0. The summed E-state index contributed by atoms with van der Waals surface area (Å²) in [5.41, 5.74) is 0. The molecule has 0 spiro atoms. The smallest absolute Gasteiger partial charge is 0.354 e. The standard InChI is InChI=1S/C13H20F3N5/c1-2-4-17-12-18-5-3-11(19-12)21-8-6-20(7-9-21)10-13(14,15)16/h3,5H,2,4,6-10H2,1H3,(H,17,18,19). The van der Waals surface area contributed by atoms with E-state index in [1.54, 1.807) is 12.3 Å². The van der Waals surface area contributed by atoms with Crippen molar-refractivity contribution in [3.63, 3.8) is 0 Å². The van der Waals surface area contributed by atoms with Crippen LogP contribution in [-0.4, -0.2) is 60.3 Å². The quantitative estimate of drug-likeness (QED) is 0.901. The molecule has 1 saturated heterocycles. The van der Waals surface area contributed by atoms with Crippen molar-refractivity contribution in [1.29, 1.82) is 0 Å². The molecule has 21 heavy (non-hydrogen) atoms. The second kappa shape index (κ2) is 6.93. The van der Waals surface area contributed by atoms with Gasteiger partial charge in [0.2, 0.25) is 5.95 Å². The van der Waals surface area contributed by atoms with Gasteiger partial charge in [0.25, 0.3) is 0 Å². The largest absolute Gasteiger partial charge is 0.401 e. The third-order valence-electron chi connectivity index (χ3n) is 3.27. The highest BCUT2D eigenvalue weighted by Crippen LogP contribution is 2.19. The van der Waals surface area contributed by atoms with Crippen LogP contribution in [0.3, 0.4) is 0 Å². The highest BCUT2D eigenvalue weighted by molar-refractivity contribution is 5.42. The molecule has 0 unspecified atom stereocenters. The maximum Gasteiger partial charge on any atom is 0.401 e. The second-order valence-electron chi connectivity index (χ2n) is 5.04. The molecule has 1 aromatic rings. The minimum atomic E-state index is -4.13. The van der Waals surface area contributed by atoms with E-state index in [9.17, 15) is 13.2 Å². The van der Waals surface area contributed by atoms with Crippen LogP contribution >= 0.6 is 0 Å². The van der Waals surface area contributed by atoms with Crippen LogP contribution in [0.5, 0.6) is 0 Å². The fourth-order valence-electron chi connectivity index (χ4n) is 2.24. The molecule has 2 rings (SSSR count). The highest BCUT2D eigenvalue weighted by Gasteiger charge is 2.32. The number of hydrogen-bond acceptors (Lipinski definition) is 5. The van der Waals surface area contributed by atoms with Gasteiger partial charge in [0, 0.05) is 38.9 Å². The van der Waals surface area contributed by atoms with E-state index in [0.717, 1.165) is 18.8 Å². The first kappa shape index (κ1) is 15.8. The van der Waals surface area contributed by atoms with Gasteiger partial charge >= 0.3 is 6.18 Å². The summed E-state index contributed by atoms with van der Waals surface area (Å²) in [5, 5.41) is 3.11. The van der Waals surface area contributed by atoms with E-state index < -0.39 is 12.7 Å². The molecule has 0 amide bonds. The Morgan fingerprint density at radius 3 is 2.57 bits per heavy atom. The van der Waals surface area contributed by atoms with Gasteiger partial charge in [-0.15, -0.1) is 0 Å². The van der Waals surface area contributed by atoms with E-state index in [1.807, 2.05) is 4.90 Å². The summed E-state index contributed by atoms with van der Waals surface area (Å²) in [6.07, 6.45) is -1.49. The molecule has 0 aliphatic carbocycles. The van der Waals surface area contributed by atoms with Gasteiger partial charge in [-0.3, -0.25) is 4.90 Å². The van der Waals surface area contributed by atoms with Crippen molar-refractivity contribution in [3.05, 3.63) is 12.3 Å². The van der Waals surface area contributed by atoms with Crippen LogP contribution in [0.2, 0.25) is 0 Å². The van der Waals surface area contributed by atoms with Crippen LogP contribution in [0, 0.1) is 0 Å². The monoisotopic (exact) mass is 303 g/mol. The first-order valence-electron chi connectivity index (χ1n) is 7.09. The Balaban J connectivity index is 1.90. The maximum absolute atomic E-state index is 12.3. The Kier molecular flexibility index (Phi) is 5.22. The number of nitrogens with one attached hydrogen (secondary N) is 1. The fourth-order valence-corrected chi connectivity index (χ4v) is 2.24. The van der Waals surface area contributed by atoms with Crippen molar-refractivity contribution >= 4 is 11.8 Å². The van der Waals surface area contributed by atoms with Crippen molar-refractivity contribution in [3.8, 4) is 0 Å². The van der Waals surface area contributed by atoms with Crippen LogP contribution in [0.4, 0.5) is 24.9 Å². The van der Waals surface area contributed by atoms with Crippen molar-refractivity contribution in [1.82, 2.24) is 14.9 Å². The molecule has 1 aliphatic rings. The molecule has 118 valence electrons. The number of rotatable bonds is 5. The zero-order valence-electron chi connectivity index (χ0n) is 12.0. The molecule has 2 heterocycles. The topological polar surface area (TPSA) is 44.3 Å². The summed E-state index contributed by atoms with van der Waals surface area (Å²) in [5.74, 6) is 1.32. The molecule has 0 radical (unpaired) electrons. The van der Waals surface area contributed by atoms with Crippen molar-refractivity contribution in [2.45, 2.75) is 19.5 Å². The van der Waals surface area contributed by atoms with Crippen LogP contribution < -0.4 is 10.2 Å². The Morgan fingerprint density at radius 1 is 1.24 bits per heavy atom. The predicted molar refractivity (Wildman–Crippen MR) is 75.5 cm³/mol. The van der Waals surface area contributed by atoms with Gasteiger partial charge in [0.15, 0.2) is 0 Å². The van der Waals surface area contributed by atoms with E-state index in [2.05, 4.69) is 22.2 Å². The molecular formula is C13H20F3N5. The molecule has 1 aliphatic heterocycles. The maximum atomic E-state index is 12.3. The zero-order valence-corrected chi connectivity index (χ0v) is 12.0. The van der Waals surface area contributed by atoms with Crippen LogP contribution in [-0.2, 0) is 0 Å². The van der Waals surface area contributed by atoms with Crippen LogP contribution in [0.1, 0.15) is 13.3 Å². The van der Waals surface area contributed by atoms with Gasteiger partial charge in [-0.05, 0) is 12.5 Å². The lowest BCUT2D eigenvalue weighted by Gasteiger charge is -2.35. The first-order valence-corrected chi connectivity index (χ1v) is 7.09. The molecule has 5 nitrogen and oxygen atoms in total. The minimum Gasteiger partial charge on any atom is -0.354 e. The van der Waals surface area contributed by atoms with E-state index in [1.165, 1.54) is 4.90 Å². The average Bonchev–Trinajstić information content (AvgIpc) is 2.44. The van der Waals surface area contributed by atoms with Gasteiger partial charge in [-0.1, -0.05) is 6.92 Å². The van der Waals surface area contributed by atoms with E-state index in [-0.39, 0.29) is 0 Å². The fraction of sp³-hybridized carbons (Fsp3) is 0.692. The first-order chi connectivity index (χ1) is 9.98. The van der Waals surface area contributed by atoms with Crippen molar-refractivity contribution in [2.24, 2.45) is 0 Å². The number of halogens is 3. The third-order valence-corrected chi connectivity index (χ3v) is 3.27. The number of anilines is 2. The molecule has 0 bridgehead atoms. The number of aromatic nitrogens is 2. The molecule has 0 atom stereocenters. The van der Waals surface area contributed by atoms with Gasteiger partial charge in [-0.2, -0.15) is 18.2 Å². The lowest BCUT2D eigenvalue weighted by atomic mass is 10.3. The minimum absolute atomic E-state index is 0.390. The van der Waals surface area contributed by atoms with E-state index in [4.69, 9.17) is 0 Å². The summed E-state index contributed by atoms with van der Waals surface area (Å²) in [4.78, 5) is 11.9. The molecule has 0 aromatic carbocycles. The zero-order chi connectivity index (χ0) is 15.3. The Morgan fingerprint density at radius 2 is 1.95 bits per heavy atom. The average molecular weight is 303 g/mol. The van der Waals surface area contributed by atoms with Gasteiger partial charge in [0.1, 0.15) is 5.82 Å². The lowest BCUT2D eigenvalue weighted by Crippen LogP contribution is -2.49. The number of piperazine rings is 1. The molecule has 1 aromatic heterocycles. The molecule has 1 N–H and O–H groups in total. The number of hydrogen-bond donors (Lipinski definition) is 1. The summed E-state index contributed by atoms with van der Waals surface area (Å²) in [6, 6.07) is 1.79. The third kappa shape index (κ3) is 5.04. The molecular weight excluding hydrogens is 283 g/mol. The van der Waals surface area contributed by atoms with Crippen LogP contribution in [0.25, 0.3) is 0 Å². The number of alkyl halides is 3. The Bertz CT molecular complexity index is 444. The van der Waals surface area contributed by atoms with Crippen LogP contribution in [0.15, 0.2) is 12.3 Å². The lowest BCUT2D eigenvalue weighted by molar-refractivity contribution is -0.146. The van der Waals surface area contributed by atoms with Crippen molar-refractivity contribution in [2.75, 3.05) is 49.5 Å². The van der Waals surface area contributed by atoms with E-state index in [0.29, 0.717) is 32.1 Å². The summed E-state index contributed by atoms with van der Waals surface area (Å²) >= 11 is 0. The second-order valence-corrected chi connectivity index (χ2v) is 5.04. The number of nitrogens with zero attached hydrogens (tertiary/aromatic N) is 4. The molecule has 0 saturated carbocycles.